The normalized spacial score (nSPS) is 12.6. The van der Waals surface area contributed by atoms with Gasteiger partial charge in [0.1, 0.15) is 5.88 Å². The minimum absolute atomic E-state index is 0.0982. The van der Waals surface area contributed by atoms with Gasteiger partial charge in [-0.1, -0.05) is 54.1 Å². The fourth-order valence-corrected chi connectivity index (χ4v) is 2.74. The third-order valence-electron chi connectivity index (χ3n) is 3.23. The first-order valence-electron chi connectivity index (χ1n) is 6.17. The number of fused-ring (bicyclic) bond motifs is 2. The van der Waals surface area contributed by atoms with E-state index in [0.29, 0.717) is 10.7 Å². The Bertz CT molecular complexity index is 709. The lowest BCUT2D eigenvalue weighted by atomic mass is 10.1. The van der Waals surface area contributed by atoms with Gasteiger partial charge in [0.2, 0.25) is 5.91 Å². The molecule has 0 atom stereocenters. The molecule has 1 aliphatic rings. The van der Waals surface area contributed by atoms with Crippen LogP contribution in [0.2, 0.25) is 5.02 Å². The largest absolute Gasteiger partial charge is 0.277 e. The third-order valence-corrected chi connectivity index (χ3v) is 3.76. The second-order valence-electron chi connectivity index (χ2n) is 4.43. The van der Waals surface area contributed by atoms with Crippen molar-refractivity contribution in [2.45, 2.75) is 0 Å². The van der Waals surface area contributed by atoms with Crippen LogP contribution in [0.3, 0.4) is 0 Å². The summed E-state index contributed by atoms with van der Waals surface area (Å²) >= 11 is 12.1. The molecular formula is C16H11Cl2NO. The van der Waals surface area contributed by atoms with Crippen LogP contribution in [0.4, 0.5) is 11.4 Å². The maximum Gasteiger partial charge on any atom is 0.246 e. The van der Waals surface area contributed by atoms with E-state index in [1.807, 2.05) is 48.6 Å². The smallest absolute Gasteiger partial charge is 0.246 e. The van der Waals surface area contributed by atoms with Crippen LogP contribution in [0.1, 0.15) is 11.1 Å². The first kappa shape index (κ1) is 13.2. The first-order valence-corrected chi connectivity index (χ1v) is 7.08. The van der Waals surface area contributed by atoms with Crippen LogP contribution < -0.4 is 4.90 Å². The summed E-state index contributed by atoms with van der Waals surface area (Å²) in [4.78, 5) is 13.9. The van der Waals surface area contributed by atoms with Gasteiger partial charge >= 0.3 is 0 Å². The lowest BCUT2D eigenvalue weighted by Crippen LogP contribution is -2.28. The number of benzene rings is 2. The molecule has 0 saturated heterocycles. The second kappa shape index (κ2) is 5.31. The summed E-state index contributed by atoms with van der Waals surface area (Å²) in [6.45, 7) is 0. The van der Waals surface area contributed by atoms with E-state index < -0.39 is 0 Å². The van der Waals surface area contributed by atoms with Gasteiger partial charge in [-0.15, -0.1) is 11.6 Å². The summed E-state index contributed by atoms with van der Waals surface area (Å²) in [6, 6.07) is 13.2. The molecule has 0 aliphatic carbocycles. The van der Waals surface area contributed by atoms with Crippen molar-refractivity contribution < 1.29 is 4.79 Å². The Kier molecular flexibility index (Phi) is 3.51. The second-order valence-corrected chi connectivity index (χ2v) is 5.11. The standard InChI is InChI=1S/C16H11Cl2NO/c17-10-15(20)19-14-7-2-1-4-11(14)8-9-12-5-3-6-13(18)16(12)19/h1-9H,10H2. The molecule has 0 bridgehead atoms. The van der Waals surface area contributed by atoms with Crippen LogP contribution in [0, 0.1) is 0 Å². The fourth-order valence-electron chi connectivity index (χ4n) is 2.35. The van der Waals surface area contributed by atoms with E-state index in [0.717, 1.165) is 16.8 Å². The molecule has 1 amide bonds. The van der Waals surface area contributed by atoms with Gasteiger partial charge in [-0.05, 0) is 17.7 Å². The molecule has 1 aliphatic heterocycles. The number of para-hydroxylation sites is 2. The molecule has 4 heteroatoms. The van der Waals surface area contributed by atoms with Crippen molar-refractivity contribution in [3.63, 3.8) is 0 Å². The van der Waals surface area contributed by atoms with Gasteiger partial charge in [-0.2, -0.15) is 0 Å². The number of anilines is 2. The van der Waals surface area contributed by atoms with Gasteiger partial charge in [-0.25, -0.2) is 0 Å². The molecule has 3 rings (SSSR count). The molecular weight excluding hydrogens is 293 g/mol. The van der Waals surface area contributed by atoms with Crippen LogP contribution in [-0.4, -0.2) is 11.8 Å². The van der Waals surface area contributed by atoms with Crippen LogP contribution in [0.15, 0.2) is 42.5 Å². The van der Waals surface area contributed by atoms with E-state index >= 15 is 0 Å². The minimum atomic E-state index is -0.197. The van der Waals surface area contributed by atoms with E-state index in [-0.39, 0.29) is 11.8 Å². The minimum Gasteiger partial charge on any atom is -0.277 e. The molecule has 0 unspecified atom stereocenters. The van der Waals surface area contributed by atoms with Crippen molar-refractivity contribution in [1.82, 2.24) is 0 Å². The topological polar surface area (TPSA) is 20.3 Å². The summed E-state index contributed by atoms with van der Waals surface area (Å²) in [5, 5.41) is 0.530. The molecule has 0 saturated carbocycles. The number of hydrogen-bond donors (Lipinski definition) is 0. The zero-order valence-electron chi connectivity index (χ0n) is 10.5. The van der Waals surface area contributed by atoms with Crippen LogP contribution in [0.25, 0.3) is 12.2 Å². The van der Waals surface area contributed by atoms with Crippen molar-refractivity contribution >= 4 is 52.6 Å². The van der Waals surface area contributed by atoms with Crippen LogP contribution in [0.5, 0.6) is 0 Å². The Morgan fingerprint density at radius 1 is 1.00 bits per heavy atom. The van der Waals surface area contributed by atoms with E-state index in [9.17, 15) is 4.79 Å². The lowest BCUT2D eigenvalue weighted by molar-refractivity contribution is -0.115. The molecule has 0 N–H and O–H groups in total. The van der Waals surface area contributed by atoms with Crippen molar-refractivity contribution in [3.8, 4) is 0 Å². The Labute approximate surface area is 127 Å². The number of halogens is 2. The van der Waals surface area contributed by atoms with Crippen molar-refractivity contribution in [3.05, 3.63) is 58.6 Å². The molecule has 0 radical (unpaired) electrons. The molecule has 1 heterocycles. The highest BCUT2D eigenvalue weighted by atomic mass is 35.5. The zero-order chi connectivity index (χ0) is 14.1. The van der Waals surface area contributed by atoms with E-state index in [1.54, 1.807) is 11.0 Å². The van der Waals surface area contributed by atoms with Gasteiger partial charge in [-0.3, -0.25) is 9.69 Å². The Morgan fingerprint density at radius 2 is 1.70 bits per heavy atom. The molecule has 0 spiro atoms. The maximum absolute atomic E-state index is 12.3. The lowest BCUT2D eigenvalue weighted by Gasteiger charge is -2.25. The predicted molar refractivity (Wildman–Crippen MR) is 84.7 cm³/mol. The Morgan fingerprint density at radius 3 is 2.50 bits per heavy atom. The van der Waals surface area contributed by atoms with Crippen molar-refractivity contribution in [2.75, 3.05) is 10.8 Å². The number of carbonyl (C=O) groups excluding carboxylic acids is 1. The van der Waals surface area contributed by atoms with Crippen LogP contribution >= 0.6 is 23.2 Å². The number of rotatable bonds is 1. The molecule has 2 aromatic rings. The third kappa shape index (κ3) is 2.11. The monoisotopic (exact) mass is 303 g/mol. The maximum atomic E-state index is 12.3. The van der Waals surface area contributed by atoms with Gasteiger partial charge in [0.15, 0.2) is 0 Å². The predicted octanol–water partition coefficient (Wildman–Crippen LogP) is 4.73. The van der Waals surface area contributed by atoms with Crippen LogP contribution in [-0.2, 0) is 4.79 Å². The van der Waals surface area contributed by atoms with Gasteiger partial charge in [0.25, 0.3) is 0 Å². The zero-order valence-corrected chi connectivity index (χ0v) is 12.0. The van der Waals surface area contributed by atoms with Crippen molar-refractivity contribution in [2.24, 2.45) is 0 Å². The number of nitrogens with zero attached hydrogens (tertiary/aromatic N) is 1. The molecule has 20 heavy (non-hydrogen) atoms. The molecule has 100 valence electrons. The number of carbonyl (C=O) groups is 1. The average Bonchev–Trinajstić information content (AvgIpc) is 2.64. The quantitative estimate of drug-likeness (QED) is 0.698. The van der Waals surface area contributed by atoms with E-state index in [4.69, 9.17) is 23.2 Å². The highest BCUT2D eigenvalue weighted by molar-refractivity contribution is 6.36. The molecule has 0 aromatic heterocycles. The van der Waals surface area contributed by atoms with Gasteiger partial charge < -0.3 is 0 Å². The highest BCUT2D eigenvalue weighted by Gasteiger charge is 2.25. The Balaban J connectivity index is 2.32. The number of hydrogen-bond acceptors (Lipinski definition) is 1. The van der Waals surface area contributed by atoms with Gasteiger partial charge in [0.05, 0.1) is 16.4 Å². The molecule has 2 nitrogen and oxygen atoms in total. The summed E-state index contributed by atoms with van der Waals surface area (Å²) in [6.07, 6.45) is 3.94. The molecule has 2 aromatic carbocycles. The first-order chi connectivity index (χ1) is 9.72. The fraction of sp³-hybridized carbons (Fsp3) is 0.0625. The summed E-state index contributed by atoms with van der Waals surface area (Å²) in [5.74, 6) is -0.295. The molecule has 0 fully saturated rings. The van der Waals surface area contributed by atoms with E-state index in [1.165, 1.54) is 0 Å². The van der Waals surface area contributed by atoms with Crippen molar-refractivity contribution in [1.29, 1.82) is 0 Å². The summed E-state index contributed by atoms with van der Waals surface area (Å²) in [7, 11) is 0. The highest BCUT2D eigenvalue weighted by Crippen LogP contribution is 2.40. The number of alkyl halides is 1. The SMILES string of the molecule is O=C(CCl)N1c2ccccc2C=Cc2cccc(Cl)c21. The van der Waals surface area contributed by atoms with E-state index in [2.05, 4.69) is 0 Å². The Hall–Kier alpha value is -1.77. The summed E-state index contributed by atoms with van der Waals surface area (Å²) in [5.41, 5.74) is 3.33. The number of amides is 1. The average molecular weight is 304 g/mol. The van der Waals surface area contributed by atoms with Gasteiger partial charge in [0, 0.05) is 5.56 Å². The summed E-state index contributed by atoms with van der Waals surface area (Å²) < 4.78 is 0.